The molecular formula is C21H21FN2O3S. The Morgan fingerprint density at radius 1 is 1.18 bits per heavy atom. The number of rotatable bonds is 7. The average molecular weight is 400 g/mol. The van der Waals surface area contributed by atoms with Crippen molar-refractivity contribution in [2.24, 2.45) is 0 Å². The third-order valence-electron chi connectivity index (χ3n) is 4.18. The molecule has 0 saturated carbocycles. The molecule has 0 aliphatic heterocycles. The van der Waals surface area contributed by atoms with E-state index in [1.54, 1.807) is 31.2 Å². The molecule has 1 aromatic heterocycles. The number of ether oxygens (including phenoxy) is 1. The Morgan fingerprint density at radius 2 is 1.89 bits per heavy atom. The van der Waals surface area contributed by atoms with Gasteiger partial charge in [-0.1, -0.05) is 37.2 Å². The van der Waals surface area contributed by atoms with Crippen LogP contribution in [0, 0.1) is 5.82 Å². The second-order valence-corrected chi connectivity index (χ2v) is 7.35. The molecule has 28 heavy (non-hydrogen) atoms. The highest BCUT2D eigenvalue weighted by molar-refractivity contribution is 8.00. The van der Waals surface area contributed by atoms with Crippen molar-refractivity contribution < 1.29 is 13.9 Å². The first kappa shape index (κ1) is 20.1. The summed E-state index contributed by atoms with van der Waals surface area (Å²) in [5, 5.41) is 0.353. The Hall–Kier alpha value is -2.67. The molecule has 0 aliphatic rings. The van der Waals surface area contributed by atoms with Crippen LogP contribution < -0.4 is 5.56 Å². The van der Waals surface area contributed by atoms with Gasteiger partial charge in [-0.15, -0.1) is 0 Å². The molecule has 1 heterocycles. The third-order valence-corrected chi connectivity index (χ3v) is 5.38. The standard InChI is InChI=1S/C21H21FN2O3S/c1-3-7-18(20(26)27-4-2)28-21-23-17-9-6-5-8-16(17)19(25)24(21)15-12-10-14(22)11-13-15/h5-6,8-13,18H,3-4,7H2,1-2H3/t18-/m1/s1. The minimum absolute atomic E-state index is 0.265. The number of para-hydroxylation sites is 1. The Labute approximate surface area is 166 Å². The van der Waals surface area contributed by atoms with Gasteiger partial charge in [0.05, 0.1) is 23.2 Å². The van der Waals surface area contributed by atoms with Crippen molar-refractivity contribution in [3.05, 3.63) is 64.7 Å². The maximum Gasteiger partial charge on any atom is 0.319 e. The van der Waals surface area contributed by atoms with Crippen LogP contribution in [-0.4, -0.2) is 27.4 Å². The first-order valence-electron chi connectivity index (χ1n) is 9.16. The van der Waals surface area contributed by atoms with Gasteiger partial charge in [-0.3, -0.25) is 14.2 Å². The van der Waals surface area contributed by atoms with E-state index in [0.29, 0.717) is 28.2 Å². The normalized spacial score (nSPS) is 12.1. The summed E-state index contributed by atoms with van der Waals surface area (Å²) < 4.78 is 20.0. The number of thioether (sulfide) groups is 1. The van der Waals surface area contributed by atoms with E-state index in [1.807, 2.05) is 6.92 Å². The minimum Gasteiger partial charge on any atom is -0.465 e. The zero-order chi connectivity index (χ0) is 20.1. The Kier molecular flexibility index (Phi) is 6.46. The summed E-state index contributed by atoms with van der Waals surface area (Å²) in [4.78, 5) is 30.2. The monoisotopic (exact) mass is 400 g/mol. The highest BCUT2D eigenvalue weighted by Gasteiger charge is 2.24. The highest BCUT2D eigenvalue weighted by atomic mass is 32.2. The molecule has 0 radical (unpaired) electrons. The first-order chi connectivity index (χ1) is 13.5. The largest absolute Gasteiger partial charge is 0.465 e. The van der Waals surface area contributed by atoms with Crippen LogP contribution in [0.2, 0.25) is 0 Å². The van der Waals surface area contributed by atoms with Crippen LogP contribution in [0.25, 0.3) is 16.6 Å². The average Bonchev–Trinajstić information content (AvgIpc) is 2.69. The molecule has 2 aromatic carbocycles. The van der Waals surface area contributed by atoms with Gasteiger partial charge in [0, 0.05) is 0 Å². The molecule has 3 rings (SSSR count). The van der Waals surface area contributed by atoms with Gasteiger partial charge in [0.2, 0.25) is 0 Å². The summed E-state index contributed by atoms with van der Waals surface area (Å²) >= 11 is 1.20. The summed E-state index contributed by atoms with van der Waals surface area (Å²) in [5.41, 5.74) is 0.776. The second-order valence-electron chi connectivity index (χ2n) is 6.18. The molecule has 0 spiro atoms. The van der Waals surface area contributed by atoms with Crippen LogP contribution >= 0.6 is 11.8 Å². The molecule has 3 aromatic rings. The number of hydrogen-bond acceptors (Lipinski definition) is 5. The maximum absolute atomic E-state index is 13.4. The first-order valence-corrected chi connectivity index (χ1v) is 10.0. The van der Waals surface area contributed by atoms with Gasteiger partial charge in [-0.05, 0) is 49.7 Å². The van der Waals surface area contributed by atoms with Crippen molar-refractivity contribution >= 4 is 28.6 Å². The Bertz CT molecular complexity index is 1030. The number of carbonyl (C=O) groups is 1. The van der Waals surface area contributed by atoms with Crippen molar-refractivity contribution in [1.82, 2.24) is 9.55 Å². The van der Waals surface area contributed by atoms with Gasteiger partial charge in [-0.25, -0.2) is 9.37 Å². The van der Waals surface area contributed by atoms with Crippen molar-refractivity contribution in [3.8, 4) is 5.69 Å². The van der Waals surface area contributed by atoms with E-state index in [4.69, 9.17) is 4.74 Å². The van der Waals surface area contributed by atoms with Crippen LogP contribution in [0.4, 0.5) is 4.39 Å². The van der Waals surface area contributed by atoms with Crippen molar-refractivity contribution in [2.45, 2.75) is 37.1 Å². The number of hydrogen-bond donors (Lipinski definition) is 0. The topological polar surface area (TPSA) is 61.2 Å². The third kappa shape index (κ3) is 4.25. The van der Waals surface area contributed by atoms with Gasteiger partial charge in [0.15, 0.2) is 5.16 Å². The molecule has 146 valence electrons. The molecule has 1 atom stereocenters. The van der Waals surface area contributed by atoms with E-state index in [0.717, 1.165) is 6.42 Å². The molecule has 0 N–H and O–H groups in total. The van der Waals surface area contributed by atoms with Gasteiger partial charge in [-0.2, -0.15) is 0 Å². The molecule has 0 amide bonds. The summed E-state index contributed by atoms with van der Waals surface area (Å²) in [6, 6.07) is 12.7. The van der Waals surface area contributed by atoms with E-state index in [9.17, 15) is 14.0 Å². The van der Waals surface area contributed by atoms with Gasteiger partial charge >= 0.3 is 5.97 Å². The number of benzene rings is 2. The Morgan fingerprint density at radius 3 is 2.57 bits per heavy atom. The predicted octanol–water partition coefficient (Wildman–Crippen LogP) is 4.35. The molecule has 0 aliphatic carbocycles. The fraction of sp³-hybridized carbons (Fsp3) is 0.286. The van der Waals surface area contributed by atoms with Gasteiger partial charge < -0.3 is 4.74 Å². The molecule has 5 nitrogen and oxygen atoms in total. The second kappa shape index (κ2) is 9.01. The lowest BCUT2D eigenvalue weighted by atomic mass is 10.2. The van der Waals surface area contributed by atoms with Crippen LogP contribution in [-0.2, 0) is 9.53 Å². The smallest absolute Gasteiger partial charge is 0.319 e. The number of esters is 1. The summed E-state index contributed by atoms with van der Waals surface area (Å²) in [6.07, 6.45) is 1.38. The number of nitrogens with zero attached hydrogens (tertiary/aromatic N) is 2. The zero-order valence-electron chi connectivity index (χ0n) is 15.7. The summed E-state index contributed by atoms with van der Waals surface area (Å²) in [6.45, 7) is 4.03. The van der Waals surface area contributed by atoms with Crippen molar-refractivity contribution in [2.75, 3.05) is 6.61 Å². The van der Waals surface area contributed by atoms with Crippen molar-refractivity contribution in [3.63, 3.8) is 0 Å². The number of halogens is 1. The van der Waals surface area contributed by atoms with Crippen molar-refractivity contribution in [1.29, 1.82) is 0 Å². The summed E-state index contributed by atoms with van der Waals surface area (Å²) in [5.74, 6) is -0.724. The van der Waals surface area contributed by atoms with Crippen LogP contribution in [0.1, 0.15) is 26.7 Å². The molecule has 7 heteroatoms. The lowest BCUT2D eigenvalue weighted by Gasteiger charge is -2.18. The Balaban J connectivity index is 2.16. The van der Waals surface area contributed by atoms with E-state index >= 15 is 0 Å². The molecule has 0 unspecified atom stereocenters. The predicted molar refractivity (Wildman–Crippen MR) is 108 cm³/mol. The van der Waals surface area contributed by atoms with Crippen LogP contribution in [0.15, 0.2) is 58.5 Å². The van der Waals surface area contributed by atoms with E-state index in [-0.39, 0.29) is 18.1 Å². The molecule has 0 saturated heterocycles. The maximum atomic E-state index is 13.4. The van der Waals surface area contributed by atoms with Gasteiger partial charge in [0.1, 0.15) is 11.1 Å². The minimum atomic E-state index is -0.482. The quantitative estimate of drug-likeness (QED) is 0.335. The SMILES string of the molecule is CCC[C@@H](Sc1nc2ccccc2c(=O)n1-c1ccc(F)cc1)C(=O)OCC. The zero-order valence-corrected chi connectivity index (χ0v) is 16.5. The highest BCUT2D eigenvalue weighted by Crippen LogP contribution is 2.28. The fourth-order valence-corrected chi connectivity index (χ4v) is 4.08. The fourth-order valence-electron chi connectivity index (χ4n) is 2.86. The summed E-state index contributed by atoms with van der Waals surface area (Å²) in [7, 11) is 0. The van der Waals surface area contributed by atoms with E-state index in [1.165, 1.54) is 40.6 Å². The molecule has 0 bridgehead atoms. The molecular weight excluding hydrogens is 379 g/mol. The number of fused-ring (bicyclic) bond motifs is 1. The lowest BCUT2D eigenvalue weighted by Crippen LogP contribution is -2.25. The lowest BCUT2D eigenvalue weighted by molar-refractivity contribution is -0.142. The van der Waals surface area contributed by atoms with Gasteiger partial charge in [0.25, 0.3) is 5.56 Å². The van der Waals surface area contributed by atoms with E-state index in [2.05, 4.69) is 4.98 Å². The molecule has 0 fully saturated rings. The van der Waals surface area contributed by atoms with Crippen LogP contribution in [0.3, 0.4) is 0 Å². The number of carbonyl (C=O) groups excluding carboxylic acids is 1. The number of aromatic nitrogens is 2. The van der Waals surface area contributed by atoms with Crippen LogP contribution in [0.5, 0.6) is 0 Å². The van der Waals surface area contributed by atoms with E-state index < -0.39 is 11.1 Å².